The Kier molecular flexibility index (Phi) is 3.24. The Morgan fingerprint density at radius 3 is 2.62 bits per heavy atom. The second-order valence-corrected chi connectivity index (χ2v) is 5.28. The number of rotatable bonds is 3. The lowest BCUT2D eigenvalue weighted by molar-refractivity contribution is 0.210. The summed E-state index contributed by atoms with van der Waals surface area (Å²) in [5, 5.41) is 18.3. The van der Waals surface area contributed by atoms with Crippen molar-refractivity contribution in [2.45, 2.75) is 0 Å². The molecule has 4 rings (SSSR count). The van der Waals surface area contributed by atoms with Gasteiger partial charge in [-0.2, -0.15) is 5.10 Å². The van der Waals surface area contributed by atoms with E-state index < -0.39 is 6.09 Å². The van der Waals surface area contributed by atoms with Gasteiger partial charge in [0.25, 0.3) is 0 Å². The van der Waals surface area contributed by atoms with Crippen molar-refractivity contribution in [2.24, 2.45) is 0 Å². The Hall–Kier alpha value is -3.61. The summed E-state index contributed by atoms with van der Waals surface area (Å²) in [5.41, 5.74) is 4.80. The van der Waals surface area contributed by atoms with Crippen LogP contribution in [-0.4, -0.2) is 31.4 Å². The molecule has 7 heteroatoms. The van der Waals surface area contributed by atoms with Crippen LogP contribution >= 0.6 is 0 Å². The zero-order chi connectivity index (χ0) is 16.5. The summed E-state index contributed by atoms with van der Waals surface area (Å²) < 4.78 is 0. The van der Waals surface area contributed by atoms with Gasteiger partial charge in [-0.05, 0) is 30.3 Å². The number of hydrogen-bond acceptors (Lipinski definition) is 3. The van der Waals surface area contributed by atoms with E-state index in [4.69, 9.17) is 5.11 Å². The van der Waals surface area contributed by atoms with Gasteiger partial charge in [-0.25, -0.2) is 9.78 Å². The monoisotopic (exact) mass is 319 g/mol. The summed E-state index contributed by atoms with van der Waals surface area (Å²) in [6.07, 6.45) is -1.09. The molecule has 0 aliphatic carbocycles. The number of amides is 1. The second-order valence-electron chi connectivity index (χ2n) is 5.28. The minimum atomic E-state index is -1.09. The molecule has 0 aliphatic heterocycles. The van der Waals surface area contributed by atoms with Crippen molar-refractivity contribution in [3.8, 4) is 22.8 Å². The van der Waals surface area contributed by atoms with Crippen molar-refractivity contribution in [3.63, 3.8) is 0 Å². The molecular formula is C17H13N5O2. The van der Waals surface area contributed by atoms with Crippen LogP contribution in [0.15, 0.2) is 54.6 Å². The molecule has 24 heavy (non-hydrogen) atoms. The van der Waals surface area contributed by atoms with Crippen LogP contribution in [0.4, 0.5) is 10.5 Å². The zero-order valence-electron chi connectivity index (χ0n) is 12.4. The van der Waals surface area contributed by atoms with Crippen molar-refractivity contribution in [2.75, 3.05) is 5.32 Å². The highest BCUT2D eigenvalue weighted by Gasteiger charge is 2.10. The molecule has 0 bridgehead atoms. The van der Waals surface area contributed by atoms with Crippen LogP contribution in [0.25, 0.3) is 33.8 Å². The molecule has 0 atom stereocenters. The Labute approximate surface area is 136 Å². The Morgan fingerprint density at radius 1 is 1.08 bits per heavy atom. The minimum Gasteiger partial charge on any atom is -0.465 e. The summed E-state index contributed by atoms with van der Waals surface area (Å²) in [7, 11) is 0. The van der Waals surface area contributed by atoms with Gasteiger partial charge in [0.1, 0.15) is 5.69 Å². The van der Waals surface area contributed by atoms with Crippen LogP contribution in [0.2, 0.25) is 0 Å². The van der Waals surface area contributed by atoms with Gasteiger partial charge in [0.2, 0.25) is 0 Å². The molecule has 0 fully saturated rings. The summed E-state index contributed by atoms with van der Waals surface area (Å²) in [4.78, 5) is 18.4. The largest absolute Gasteiger partial charge is 0.465 e. The van der Waals surface area contributed by atoms with E-state index in [0.29, 0.717) is 5.69 Å². The summed E-state index contributed by atoms with van der Waals surface area (Å²) in [5.74, 6) is 0.721. The van der Waals surface area contributed by atoms with E-state index >= 15 is 0 Å². The Balaban J connectivity index is 1.63. The molecular weight excluding hydrogens is 306 g/mol. The molecule has 7 nitrogen and oxygen atoms in total. The number of carbonyl (C=O) groups is 1. The van der Waals surface area contributed by atoms with Crippen molar-refractivity contribution in [1.82, 2.24) is 20.2 Å². The number of anilines is 1. The van der Waals surface area contributed by atoms with Gasteiger partial charge < -0.3 is 10.1 Å². The standard InChI is InChI=1S/C17H13N5O2/c23-17(24)18-11-7-5-10(6-8-11)14-9-15(22-21-14)16-19-12-3-1-2-4-13(12)20-16/h1-9,18H,(H,19,20)(H,21,22)(H,23,24). The van der Waals surface area contributed by atoms with E-state index in [9.17, 15) is 4.79 Å². The average molecular weight is 319 g/mol. The normalized spacial score (nSPS) is 10.8. The number of imidazole rings is 1. The van der Waals surface area contributed by atoms with E-state index in [0.717, 1.165) is 33.8 Å². The fraction of sp³-hybridized carbons (Fsp3) is 0. The van der Waals surface area contributed by atoms with Gasteiger partial charge in [-0.15, -0.1) is 0 Å². The number of nitrogens with one attached hydrogen (secondary N) is 3. The maximum absolute atomic E-state index is 10.6. The maximum atomic E-state index is 10.6. The number of benzene rings is 2. The molecule has 0 saturated carbocycles. The predicted molar refractivity (Wildman–Crippen MR) is 90.8 cm³/mol. The highest BCUT2D eigenvalue weighted by atomic mass is 16.4. The third-order valence-electron chi connectivity index (χ3n) is 3.65. The quantitative estimate of drug-likeness (QED) is 0.462. The van der Waals surface area contributed by atoms with Crippen LogP contribution < -0.4 is 5.32 Å². The fourth-order valence-electron chi connectivity index (χ4n) is 2.52. The van der Waals surface area contributed by atoms with Crippen molar-refractivity contribution in [3.05, 3.63) is 54.6 Å². The maximum Gasteiger partial charge on any atom is 0.409 e. The molecule has 1 amide bonds. The van der Waals surface area contributed by atoms with Crippen molar-refractivity contribution in [1.29, 1.82) is 0 Å². The van der Waals surface area contributed by atoms with Gasteiger partial charge in [0.15, 0.2) is 5.82 Å². The predicted octanol–water partition coefficient (Wildman–Crippen LogP) is 3.71. The van der Waals surface area contributed by atoms with E-state index in [1.165, 1.54) is 0 Å². The molecule has 4 aromatic rings. The van der Waals surface area contributed by atoms with E-state index in [1.54, 1.807) is 12.1 Å². The van der Waals surface area contributed by atoms with Gasteiger partial charge in [-0.3, -0.25) is 10.4 Å². The topological polar surface area (TPSA) is 107 Å². The number of fused-ring (bicyclic) bond motifs is 1. The molecule has 0 radical (unpaired) electrons. The lowest BCUT2D eigenvalue weighted by Gasteiger charge is -2.01. The molecule has 0 saturated heterocycles. The summed E-state index contributed by atoms with van der Waals surface area (Å²) in [6.45, 7) is 0. The zero-order valence-corrected chi connectivity index (χ0v) is 12.4. The Bertz CT molecular complexity index is 984. The first-order chi connectivity index (χ1) is 11.7. The molecule has 2 aromatic heterocycles. The minimum absolute atomic E-state index is 0.513. The number of hydrogen-bond donors (Lipinski definition) is 4. The van der Waals surface area contributed by atoms with Crippen LogP contribution in [-0.2, 0) is 0 Å². The lowest BCUT2D eigenvalue weighted by Crippen LogP contribution is -2.06. The average Bonchev–Trinajstić information content (AvgIpc) is 3.21. The number of para-hydroxylation sites is 2. The van der Waals surface area contributed by atoms with Gasteiger partial charge in [0, 0.05) is 11.3 Å². The molecule has 2 heterocycles. The van der Waals surface area contributed by atoms with E-state index in [2.05, 4.69) is 25.5 Å². The highest BCUT2D eigenvalue weighted by Crippen LogP contribution is 2.25. The van der Waals surface area contributed by atoms with Crippen molar-refractivity contribution >= 4 is 22.8 Å². The van der Waals surface area contributed by atoms with Crippen LogP contribution in [0, 0.1) is 0 Å². The highest BCUT2D eigenvalue weighted by molar-refractivity contribution is 5.83. The summed E-state index contributed by atoms with van der Waals surface area (Å²) >= 11 is 0. The third-order valence-corrected chi connectivity index (χ3v) is 3.65. The number of nitrogens with zero attached hydrogens (tertiary/aromatic N) is 2. The number of carboxylic acid groups (broad SMARTS) is 1. The number of aromatic amines is 2. The molecule has 118 valence electrons. The SMILES string of the molecule is O=C(O)Nc1ccc(-c2cc(-c3nc4ccccc4[nH]3)[nH]n2)cc1. The van der Waals surface area contributed by atoms with Gasteiger partial charge >= 0.3 is 6.09 Å². The summed E-state index contributed by atoms with van der Waals surface area (Å²) in [6, 6.07) is 16.7. The fourth-order valence-corrected chi connectivity index (χ4v) is 2.52. The molecule has 4 N–H and O–H groups in total. The first-order valence-electron chi connectivity index (χ1n) is 7.30. The lowest BCUT2D eigenvalue weighted by atomic mass is 10.1. The van der Waals surface area contributed by atoms with Gasteiger partial charge in [-0.1, -0.05) is 24.3 Å². The van der Waals surface area contributed by atoms with Gasteiger partial charge in [0.05, 0.1) is 16.7 Å². The molecule has 2 aromatic carbocycles. The number of H-pyrrole nitrogens is 2. The number of aromatic nitrogens is 4. The van der Waals surface area contributed by atoms with E-state index in [1.807, 2.05) is 42.5 Å². The first kappa shape index (κ1) is 14.0. The van der Waals surface area contributed by atoms with Crippen LogP contribution in [0.1, 0.15) is 0 Å². The van der Waals surface area contributed by atoms with Crippen LogP contribution in [0.3, 0.4) is 0 Å². The first-order valence-corrected chi connectivity index (χ1v) is 7.30. The van der Waals surface area contributed by atoms with Crippen LogP contribution in [0.5, 0.6) is 0 Å². The smallest absolute Gasteiger partial charge is 0.409 e. The second kappa shape index (κ2) is 5.54. The third kappa shape index (κ3) is 2.58. The molecule has 0 aliphatic rings. The molecule has 0 unspecified atom stereocenters. The van der Waals surface area contributed by atoms with E-state index in [-0.39, 0.29) is 0 Å². The molecule has 0 spiro atoms. The Morgan fingerprint density at radius 2 is 1.88 bits per heavy atom. The van der Waals surface area contributed by atoms with Crippen molar-refractivity contribution < 1.29 is 9.90 Å².